The number of benzene rings is 6. The van der Waals surface area contributed by atoms with E-state index in [1.165, 1.54) is 106 Å². The van der Waals surface area contributed by atoms with Crippen molar-refractivity contribution in [3.8, 4) is 0 Å². The smallest absolute Gasteiger partial charge is 0.0539 e. The van der Waals surface area contributed by atoms with E-state index in [9.17, 15) is 0 Å². The van der Waals surface area contributed by atoms with E-state index in [0.717, 1.165) is 37.8 Å². The fourth-order valence-corrected chi connectivity index (χ4v) is 12.4. The standard InChI is InChI=1S/C64H53N3/c1-3-5-19-47(4-2)66-60-26-15-13-23-53(60)58-38-45(30-34-62(58)66)56-39-46-36-44-29-32-50(40-57(44)64(46)55-25-12-11-22-52(55)56)65(49-31-28-42-17-9-10-18-43(42)37-49)51-33-35-63-59(41-51)54-24-14-16-27-61(54)67(63)48-20-7-6-8-21-48/h3-7,9-11,13-20,22-24,26-35,37,39-41,45,55,64H,2,8,12,21,25,36,38H2,1H3/b5-3-,47-19+. The van der Waals surface area contributed by atoms with Crippen molar-refractivity contribution in [3.63, 3.8) is 0 Å². The Morgan fingerprint density at radius 1 is 0.716 bits per heavy atom. The number of rotatable bonds is 8. The molecule has 13 rings (SSSR count). The maximum Gasteiger partial charge on any atom is 0.0539 e. The number of allylic oxidation sites excluding steroid dienone is 16. The van der Waals surface area contributed by atoms with E-state index in [-0.39, 0.29) is 0 Å². The zero-order valence-electron chi connectivity index (χ0n) is 38.1. The SMILES string of the molecule is C=C/C(=C\C=C/C)n1c2c(c3ccccc31)CC(C1=C3C=CCCC3C3C(=C1)Cc1ccc(N(c4ccc5ccccc5c4)c4ccc5c(c4)c4ccccc4n5C4=CC=CCC4)cc13)C=C2. The third-order valence-corrected chi connectivity index (χ3v) is 15.4. The molecule has 0 bridgehead atoms. The molecule has 0 saturated carbocycles. The molecule has 324 valence electrons. The molecule has 67 heavy (non-hydrogen) atoms. The lowest BCUT2D eigenvalue weighted by molar-refractivity contribution is 0.485. The first-order valence-electron chi connectivity index (χ1n) is 24.3. The first-order chi connectivity index (χ1) is 33.1. The molecule has 2 heterocycles. The molecule has 0 saturated heterocycles. The van der Waals surface area contributed by atoms with E-state index in [1.54, 1.807) is 5.57 Å². The maximum atomic E-state index is 4.22. The molecule has 0 aliphatic heterocycles. The van der Waals surface area contributed by atoms with E-state index < -0.39 is 0 Å². The molecule has 6 aromatic carbocycles. The van der Waals surface area contributed by atoms with Crippen molar-refractivity contribution < 1.29 is 0 Å². The summed E-state index contributed by atoms with van der Waals surface area (Å²) < 4.78 is 4.89. The average molecular weight is 864 g/mol. The molecule has 3 unspecified atom stereocenters. The van der Waals surface area contributed by atoms with Crippen molar-refractivity contribution in [1.82, 2.24) is 9.13 Å². The van der Waals surface area contributed by atoms with Gasteiger partial charge in [-0.25, -0.2) is 0 Å². The third kappa shape index (κ3) is 6.39. The first kappa shape index (κ1) is 39.7. The average Bonchev–Trinajstić information content (AvgIpc) is 4.04. The van der Waals surface area contributed by atoms with Gasteiger partial charge in [-0.3, -0.25) is 0 Å². The number of nitrogens with zero attached hydrogens (tertiary/aromatic N) is 3. The van der Waals surface area contributed by atoms with Crippen LogP contribution in [0.25, 0.3) is 61.0 Å². The molecule has 0 amide bonds. The molecule has 0 spiro atoms. The van der Waals surface area contributed by atoms with Gasteiger partial charge < -0.3 is 14.0 Å². The Morgan fingerprint density at radius 3 is 2.36 bits per heavy atom. The van der Waals surface area contributed by atoms with Crippen molar-refractivity contribution in [1.29, 1.82) is 0 Å². The molecule has 8 aromatic rings. The van der Waals surface area contributed by atoms with Crippen LogP contribution in [0.4, 0.5) is 17.1 Å². The fraction of sp³-hybridized carbons (Fsp3) is 0.156. The minimum Gasteiger partial charge on any atom is -0.313 e. The van der Waals surface area contributed by atoms with Gasteiger partial charge in [0.1, 0.15) is 0 Å². The highest BCUT2D eigenvalue weighted by molar-refractivity contribution is 6.11. The van der Waals surface area contributed by atoms with E-state index in [1.807, 2.05) is 6.08 Å². The minimum atomic E-state index is 0.307. The Hall–Kier alpha value is -7.62. The summed E-state index contributed by atoms with van der Waals surface area (Å²) in [6, 6.07) is 48.1. The number of aromatic nitrogens is 2. The van der Waals surface area contributed by atoms with Gasteiger partial charge in [0.2, 0.25) is 0 Å². The summed E-state index contributed by atoms with van der Waals surface area (Å²) in [5, 5.41) is 6.41. The predicted molar refractivity (Wildman–Crippen MR) is 285 cm³/mol. The molecule has 5 aliphatic rings. The summed E-state index contributed by atoms with van der Waals surface area (Å²) in [7, 11) is 0. The van der Waals surface area contributed by atoms with Crippen LogP contribution in [0, 0.1) is 11.8 Å². The van der Waals surface area contributed by atoms with Crippen molar-refractivity contribution in [2.45, 2.75) is 51.4 Å². The topological polar surface area (TPSA) is 13.1 Å². The summed E-state index contributed by atoms with van der Waals surface area (Å²) in [4.78, 5) is 2.51. The van der Waals surface area contributed by atoms with Gasteiger partial charge in [-0.05, 0) is 169 Å². The van der Waals surface area contributed by atoms with Crippen LogP contribution in [0.3, 0.4) is 0 Å². The molecular formula is C64H53N3. The lowest BCUT2D eigenvalue weighted by Gasteiger charge is -2.37. The fourth-order valence-electron chi connectivity index (χ4n) is 12.4. The Bertz CT molecular complexity index is 3640. The molecule has 0 fully saturated rings. The lowest BCUT2D eigenvalue weighted by atomic mass is 9.67. The van der Waals surface area contributed by atoms with Gasteiger partial charge in [0.05, 0.1) is 16.6 Å². The maximum absolute atomic E-state index is 4.22. The van der Waals surface area contributed by atoms with E-state index in [0.29, 0.717) is 17.8 Å². The lowest BCUT2D eigenvalue weighted by Crippen LogP contribution is -2.24. The van der Waals surface area contributed by atoms with Crippen LogP contribution in [0.2, 0.25) is 0 Å². The molecule has 3 heteroatoms. The molecular weight excluding hydrogens is 811 g/mol. The molecule has 3 nitrogen and oxygen atoms in total. The van der Waals surface area contributed by atoms with Crippen LogP contribution in [0.5, 0.6) is 0 Å². The Labute approximate surface area is 393 Å². The summed E-state index contributed by atoms with van der Waals surface area (Å²) in [6.45, 7) is 6.29. The normalized spacial score (nSPS) is 19.8. The highest BCUT2D eigenvalue weighted by Crippen LogP contribution is 2.55. The van der Waals surface area contributed by atoms with Crippen molar-refractivity contribution in [3.05, 3.63) is 240 Å². The van der Waals surface area contributed by atoms with Gasteiger partial charge in [0.15, 0.2) is 0 Å². The summed E-state index contributed by atoms with van der Waals surface area (Å²) in [5.41, 5.74) is 20.1. The van der Waals surface area contributed by atoms with Crippen molar-refractivity contribution >= 4 is 78.0 Å². The molecule has 0 N–H and O–H groups in total. The second-order valence-electron chi connectivity index (χ2n) is 19.0. The van der Waals surface area contributed by atoms with Crippen molar-refractivity contribution in [2.75, 3.05) is 4.90 Å². The quantitative estimate of drug-likeness (QED) is 0.139. The minimum absolute atomic E-state index is 0.307. The Kier molecular flexibility index (Phi) is 9.52. The summed E-state index contributed by atoms with van der Waals surface area (Å²) in [5.74, 6) is 1.12. The number of hydrogen-bond acceptors (Lipinski definition) is 1. The van der Waals surface area contributed by atoms with E-state index in [2.05, 4.69) is 222 Å². The highest BCUT2D eigenvalue weighted by atomic mass is 15.1. The van der Waals surface area contributed by atoms with Gasteiger partial charge >= 0.3 is 0 Å². The van der Waals surface area contributed by atoms with Crippen molar-refractivity contribution in [2.24, 2.45) is 11.8 Å². The Balaban J connectivity index is 0.912. The van der Waals surface area contributed by atoms with E-state index >= 15 is 0 Å². The zero-order chi connectivity index (χ0) is 44.6. The molecule has 0 radical (unpaired) electrons. The van der Waals surface area contributed by atoms with Gasteiger partial charge in [0, 0.05) is 62.1 Å². The third-order valence-electron chi connectivity index (χ3n) is 15.4. The second kappa shape index (κ2) is 16.1. The number of hydrogen-bond donors (Lipinski definition) is 0. The number of anilines is 3. The van der Waals surface area contributed by atoms with Crippen LogP contribution in [0.1, 0.15) is 60.9 Å². The number of para-hydroxylation sites is 2. The van der Waals surface area contributed by atoms with E-state index in [4.69, 9.17) is 0 Å². The monoisotopic (exact) mass is 863 g/mol. The van der Waals surface area contributed by atoms with Crippen LogP contribution < -0.4 is 4.90 Å². The first-order valence-corrected chi connectivity index (χ1v) is 24.3. The van der Waals surface area contributed by atoms with Gasteiger partial charge in [0.25, 0.3) is 0 Å². The largest absolute Gasteiger partial charge is 0.313 e. The van der Waals surface area contributed by atoms with Gasteiger partial charge in [-0.2, -0.15) is 0 Å². The predicted octanol–water partition coefficient (Wildman–Crippen LogP) is 16.9. The zero-order valence-corrected chi connectivity index (χ0v) is 38.1. The van der Waals surface area contributed by atoms with Gasteiger partial charge in [-0.1, -0.05) is 134 Å². The van der Waals surface area contributed by atoms with Crippen LogP contribution >= 0.6 is 0 Å². The summed E-state index contributed by atoms with van der Waals surface area (Å²) in [6.07, 6.45) is 33.9. The highest BCUT2D eigenvalue weighted by Gasteiger charge is 2.41. The number of fused-ring (bicyclic) bond motifs is 12. The van der Waals surface area contributed by atoms with Crippen LogP contribution in [-0.2, 0) is 12.8 Å². The van der Waals surface area contributed by atoms with Gasteiger partial charge in [-0.15, -0.1) is 0 Å². The molecule has 2 aromatic heterocycles. The second-order valence-corrected chi connectivity index (χ2v) is 19.0. The van der Waals surface area contributed by atoms with Crippen LogP contribution in [0.15, 0.2) is 218 Å². The molecule has 3 atom stereocenters. The van der Waals surface area contributed by atoms with Crippen LogP contribution in [-0.4, -0.2) is 9.13 Å². The molecule has 5 aliphatic carbocycles. The summed E-state index contributed by atoms with van der Waals surface area (Å²) >= 11 is 0. The Morgan fingerprint density at radius 2 is 1.49 bits per heavy atom.